The first kappa shape index (κ1) is 23.4. The molecule has 0 atom stereocenters. The van der Waals surface area contributed by atoms with Crippen molar-refractivity contribution in [1.29, 1.82) is 5.26 Å². The Morgan fingerprint density at radius 3 is 2.44 bits per heavy atom. The van der Waals surface area contributed by atoms with E-state index in [2.05, 4.69) is 17.4 Å². The van der Waals surface area contributed by atoms with Gasteiger partial charge in [-0.1, -0.05) is 24.3 Å². The molecule has 0 unspecified atom stereocenters. The van der Waals surface area contributed by atoms with E-state index in [9.17, 15) is 13.2 Å². The minimum Gasteiger partial charge on any atom is -0.331 e. The van der Waals surface area contributed by atoms with Crippen LogP contribution >= 0.6 is 11.3 Å². The Labute approximate surface area is 192 Å². The summed E-state index contributed by atoms with van der Waals surface area (Å²) in [6.07, 6.45) is 2.26. The topological polar surface area (TPSA) is 90.3 Å². The highest BCUT2D eigenvalue weighted by Crippen LogP contribution is 2.15. The van der Waals surface area contributed by atoms with Crippen LogP contribution in [0, 0.1) is 11.3 Å². The molecule has 8 heteroatoms. The molecule has 1 N–H and O–H groups in total. The van der Waals surface area contributed by atoms with Gasteiger partial charge in [0.2, 0.25) is 10.0 Å². The molecule has 1 aromatic heterocycles. The van der Waals surface area contributed by atoms with Gasteiger partial charge in [0.25, 0.3) is 5.91 Å². The summed E-state index contributed by atoms with van der Waals surface area (Å²) < 4.78 is 27.7. The second-order valence-corrected chi connectivity index (χ2v) is 9.83. The van der Waals surface area contributed by atoms with Crippen LogP contribution in [-0.4, -0.2) is 32.3 Å². The van der Waals surface area contributed by atoms with Gasteiger partial charge in [0.05, 0.1) is 16.5 Å². The summed E-state index contributed by atoms with van der Waals surface area (Å²) >= 11 is 1.59. The molecule has 2 aromatic carbocycles. The lowest BCUT2D eigenvalue weighted by Gasteiger charge is -2.21. The third-order valence-corrected chi connectivity index (χ3v) is 7.16. The Kier molecular flexibility index (Phi) is 7.95. The maximum atomic E-state index is 13.0. The van der Waals surface area contributed by atoms with Crippen molar-refractivity contribution < 1.29 is 13.2 Å². The lowest BCUT2D eigenvalue weighted by atomic mass is 10.1. The number of nitrogens with zero attached hydrogens (tertiary/aromatic N) is 2. The summed E-state index contributed by atoms with van der Waals surface area (Å²) in [5, 5.41) is 10.9. The van der Waals surface area contributed by atoms with Crippen LogP contribution in [0.25, 0.3) is 0 Å². The van der Waals surface area contributed by atoms with Gasteiger partial charge in [-0.2, -0.15) is 5.26 Å². The summed E-state index contributed by atoms with van der Waals surface area (Å²) in [4.78, 5) is 15.8. The Balaban J connectivity index is 1.67. The van der Waals surface area contributed by atoms with Gasteiger partial charge in [0.1, 0.15) is 0 Å². The molecule has 6 nitrogen and oxygen atoms in total. The van der Waals surface area contributed by atoms with Gasteiger partial charge in [0, 0.05) is 30.1 Å². The number of nitriles is 1. The maximum Gasteiger partial charge on any atom is 0.254 e. The van der Waals surface area contributed by atoms with Crippen molar-refractivity contribution in [2.75, 3.05) is 13.1 Å². The number of carbonyl (C=O) groups is 1. The lowest BCUT2D eigenvalue weighted by Crippen LogP contribution is -2.31. The molecule has 0 aliphatic rings. The van der Waals surface area contributed by atoms with Crippen LogP contribution in [0.1, 0.15) is 26.4 Å². The van der Waals surface area contributed by atoms with Gasteiger partial charge in [-0.15, -0.1) is 17.9 Å². The predicted molar refractivity (Wildman–Crippen MR) is 126 cm³/mol. The highest BCUT2D eigenvalue weighted by molar-refractivity contribution is 7.89. The van der Waals surface area contributed by atoms with E-state index in [1.807, 2.05) is 17.5 Å². The zero-order valence-electron chi connectivity index (χ0n) is 17.4. The first-order chi connectivity index (χ1) is 15.4. The van der Waals surface area contributed by atoms with Gasteiger partial charge in [0.15, 0.2) is 0 Å². The fourth-order valence-electron chi connectivity index (χ4n) is 3.09. The van der Waals surface area contributed by atoms with Crippen LogP contribution in [0.3, 0.4) is 0 Å². The second kappa shape index (κ2) is 10.9. The van der Waals surface area contributed by atoms with Crippen LogP contribution in [0.5, 0.6) is 0 Å². The van der Waals surface area contributed by atoms with Crippen molar-refractivity contribution in [2.24, 2.45) is 0 Å². The molecule has 0 saturated heterocycles. The minimum atomic E-state index is -3.65. The Morgan fingerprint density at radius 2 is 1.84 bits per heavy atom. The van der Waals surface area contributed by atoms with Crippen molar-refractivity contribution in [2.45, 2.75) is 17.9 Å². The average molecular weight is 466 g/mol. The van der Waals surface area contributed by atoms with Crippen molar-refractivity contribution in [3.8, 4) is 6.07 Å². The van der Waals surface area contributed by atoms with Crippen LogP contribution in [0.15, 0.2) is 83.6 Å². The molecular weight excluding hydrogens is 442 g/mol. The number of benzene rings is 2. The van der Waals surface area contributed by atoms with E-state index in [1.54, 1.807) is 46.6 Å². The van der Waals surface area contributed by atoms with Crippen LogP contribution in [0.2, 0.25) is 0 Å². The standard InChI is InChI=1S/C24H23N3O3S2/c1-2-15-27(18-20-7-5-19(17-25)6-8-20)24(28)21-9-11-23(12-10-21)32(29,30)26-14-13-22-4-3-16-31-22/h2-12,16,26H,1,13-15,18H2. The summed E-state index contributed by atoms with van der Waals surface area (Å²) in [5.74, 6) is -0.233. The van der Waals surface area contributed by atoms with Crippen LogP contribution < -0.4 is 4.72 Å². The fourth-order valence-corrected chi connectivity index (χ4v) is 4.83. The third kappa shape index (κ3) is 6.14. The molecule has 1 heterocycles. The van der Waals surface area contributed by atoms with Crippen molar-refractivity contribution >= 4 is 27.3 Å². The number of amides is 1. The van der Waals surface area contributed by atoms with E-state index in [4.69, 9.17) is 5.26 Å². The molecule has 0 bridgehead atoms. The quantitative estimate of drug-likeness (QED) is 0.459. The van der Waals surface area contributed by atoms with E-state index >= 15 is 0 Å². The molecule has 3 rings (SSSR count). The Bertz CT molecular complexity index is 1190. The van der Waals surface area contributed by atoms with E-state index in [0.29, 0.717) is 37.2 Å². The van der Waals surface area contributed by atoms with Gasteiger partial charge in [-0.05, 0) is 59.8 Å². The monoisotopic (exact) mass is 465 g/mol. The summed E-state index contributed by atoms with van der Waals surface area (Å²) in [5.41, 5.74) is 1.82. The second-order valence-electron chi connectivity index (χ2n) is 7.03. The predicted octanol–water partition coefficient (Wildman–Crippen LogP) is 3.97. The third-order valence-electron chi connectivity index (χ3n) is 4.75. The summed E-state index contributed by atoms with van der Waals surface area (Å²) in [7, 11) is -3.65. The van der Waals surface area contributed by atoms with Crippen LogP contribution in [-0.2, 0) is 23.0 Å². The number of carbonyl (C=O) groups excluding carboxylic acids is 1. The maximum absolute atomic E-state index is 13.0. The molecule has 0 fully saturated rings. The van der Waals surface area contributed by atoms with E-state index in [0.717, 1.165) is 10.4 Å². The minimum absolute atomic E-state index is 0.114. The molecule has 164 valence electrons. The number of sulfonamides is 1. The fraction of sp³-hybridized carbons (Fsp3) is 0.167. The molecule has 0 aliphatic heterocycles. The molecule has 0 spiro atoms. The van der Waals surface area contributed by atoms with Crippen molar-refractivity contribution in [3.05, 3.63) is 100 Å². The van der Waals surface area contributed by atoms with Gasteiger partial charge in [-0.25, -0.2) is 13.1 Å². The van der Waals surface area contributed by atoms with Crippen molar-refractivity contribution in [3.63, 3.8) is 0 Å². The van der Waals surface area contributed by atoms with Gasteiger partial charge >= 0.3 is 0 Å². The molecule has 0 radical (unpaired) electrons. The highest BCUT2D eigenvalue weighted by Gasteiger charge is 2.18. The normalized spacial score (nSPS) is 11.0. The average Bonchev–Trinajstić information content (AvgIpc) is 3.32. The molecule has 3 aromatic rings. The molecule has 0 saturated carbocycles. The molecular formula is C24H23N3O3S2. The van der Waals surface area contributed by atoms with E-state index < -0.39 is 10.0 Å². The van der Waals surface area contributed by atoms with E-state index in [-0.39, 0.29) is 10.8 Å². The Hall–Kier alpha value is -3.25. The zero-order valence-corrected chi connectivity index (χ0v) is 19.0. The first-order valence-corrected chi connectivity index (χ1v) is 12.3. The largest absolute Gasteiger partial charge is 0.331 e. The van der Waals surface area contributed by atoms with Gasteiger partial charge < -0.3 is 4.90 Å². The summed E-state index contributed by atoms with van der Waals surface area (Å²) in [6, 6.07) is 18.9. The number of rotatable bonds is 10. The van der Waals surface area contributed by atoms with E-state index in [1.165, 1.54) is 24.3 Å². The van der Waals surface area contributed by atoms with Crippen LogP contribution in [0.4, 0.5) is 0 Å². The lowest BCUT2D eigenvalue weighted by molar-refractivity contribution is 0.0762. The number of nitrogens with one attached hydrogen (secondary N) is 1. The summed E-state index contributed by atoms with van der Waals surface area (Å²) in [6.45, 7) is 4.71. The van der Waals surface area contributed by atoms with Gasteiger partial charge in [-0.3, -0.25) is 4.79 Å². The smallest absolute Gasteiger partial charge is 0.254 e. The number of thiophene rings is 1. The molecule has 0 aliphatic carbocycles. The Morgan fingerprint density at radius 1 is 1.12 bits per heavy atom. The highest BCUT2D eigenvalue weighted by atomic mass is 32.2. The SMILES string of the molecule is C=CCN(Cc1ccc(C#N)cc1)C(=O)c1ccc(S(=O)(=O)NCCc2cccs2)cc1. The number of hydrogen-bond acceptors (Lipinski definition) is 5. The zero-order chi connectivity index (χ0) is 23.0. The molecule has 1 amide bonds. The number of hydrogen-bond donors (Lipinski definition) is 1. The first-order valence-electron chi connectivity index (χ1n) is 9.94. The molecule has 32 heavy (non-hydrogen) atoms. The van der Waals surface area contributed by atoms with Crippen molar-refractivity contribution in [1.82, 2.24) is 9.62 Å².